The van der Waals surface area contributed by atoms with Gasteiger partial charge in [0.15, 0.2) is 0 Å². The SMILES string of the molecule is COCc1ccc(CC2(C(=O)O)CC2)cc1. The van der Waals surface area contributed by atoms with Crippen LogP contribution in [0.25, 0.3) is 0 Å². The van der Waals surface area contributed by atoms with E-state index in [2.05, 4.69) is 0 Å². The Hall–Kier alpha value is -1.35. The molecular formula is C13H16O3. The molecule has 0 heterocycles. The summed E-state index contributed by atoms with van der Waals surface area (Å²) in [5.74, 6) is -0.659. The minimum atomic E-state index is -0.659. The zero-order valence-corrected chi connectivity index (χ0v) is 9.40. The molecular weight excluding hydrogens is 204 g/mol. The van der Waals surface area contributed by atoms with Crippen LogP contribution in [0.4, 0.5) is 0 Å². The molecule has 1 fully saturated rings. The molecule has 3 nitrogen and oxygen atoms in total. The first-order valence-corrected chi connectivity index (χ1v) is 5.46. The Bertz CT molecular complexity index is 377. The average Bonchev–Trinajstić information content (AvgIpc) is 3.03. The number of methoxy groups -OCH3 is 1. The van der Waals surface area contributed by atoms with Crippen LogP contribution < -0.4 is 0 Å². The summed E-state index contributed by atoms with van der Waals surface area (Å²) >= 11 is 0. The zero-order valence-electron chi connectivity index (χ0n) is 9.40. The van der Waals surface area contributed by atoms with E-state index in [0.717, 1.165) is 24.0 Å². The highest BCUT2D eigenvalue weighted by molar-refractivity contribution is 5.78. The fourth-order valence-corrected chi connectivity index (χ4v) is 1.93. The summed E-state index contributed by atoms with van der Waals surface area (Å²) in [6, 6.07) is 7.99. The molecule has 1 N–H and O–H groups in total. The third-order valence-corrected chi connectivity index (χ3v) is 3.18. The minimum Gasteiger partial charge on any atom is -0.481 e. The van der Waals surface area contributed by atoms with Crippen molar-refractivity contribution < 1.29 is 14.6 Å². The quantitative estimate of drug-likeness (QED) is 0.827. The number of carboxylic acids is 1. The van der Waals surface area contributed by atoms with E-state index in [0.29, 0.717) is 13.0 Å². The van der Waals surface area contributed by atoms with Crippen molar-refractivity contribution in [3.05, 3.63) is 35.4 Å². The molecule has 0 saturated heterocycles. The molecule has 0 unspecified atom stereocenters. The van der Waals surface area contributed by atoms with Crippen LogP contribution >= 0.6 is 0 Å². The van der Waals surface area contributed by atoms with Gasteiger partial charge in [0, 0.05) is 7.11 Å². The van der Waals surface area contributed by atoms with Gasteiger partial charge in [0.2, 0.25) is 0 Å². The van der Waals surface area contributed by atoms with E-state index in [9.17, 15) is 4.79 Å². The Kier molecular flexibility index (Phi) is 2.97. The summed E-state index contributed by atoms with van der Waals surface area (Å²) in [5.41, 5.74) is 1.74. The van der Waals surface area contributed by atoms with Gasteiger partial charge in [0.05, 0.1) is 12.0 Å². The number of rotatable bonds is 5. The molecule has 86 valence electrons. The molecule has 1 saturated carbocycles. The van der Waals surface area contributed by atoms with Crippen molar-refractivity contribution in [2.45, 2.75) is 25.9 Å². The first-order valence-electron chi connectivity index (χ1n) is 5.46. The Morgan fingerprint density at radius 2 is 1.88 bits per heavy atom. The number of benzene rings is 1. The molecule has 0 aromatic heterocycles. The second kappa shape index (κ2) is 4.26. The van der Waals surface area contributed by atoms with Gasteiger partial charge in [-0.05, 0) is 30.4 Å². The van der Waals surface area contributed by atoms with Gasteiger partial charge in [-0.15, -0.1) is 0 Å². The molecule has 1 aromatic rings. The molecule has 0 atom stereocenters. The molecule has 2 rings (SSSR count). The Morgan fingerprint density at radius 3 is 2.31 bits per heavy atom. The van der Waals surface area contributed by atoms with Crippen LogP contribution in [0, 0.1) is 5.41 Å². The largest absolute Gasteiger partial charge is 0.481 e. The summed E-state index contributed by atoms with van der Waals surface area (Å²) in [4.78, 5) is 11.0. The van der Waals surface area contributed by atoms with Crippen LogP contribution in [0.15, 0.2) is 24.3 Å². The van der Waals surface area contributed by atoms with E-state index in [1.54, 1.807) is 7.11 Å². The lowest BCUT2D eigenvalue weighted by Crippen LogP contribution is -2.17. The van der Waals surface area contributed by atoms with Crippen LogP contribution in [0.1, 0.15) is 24.0 Å². The molecule has 16 heavy (non-hydrogen) atoms. The van der Waals surface area contributed by atoms with Crippen LogP contribution in [-0.2, 0) is 22.6 Å². The van der Waals surface area contributed by atoms with E-state index in [1.807, 2.05) is 24.3 Å². The lowest BCUT2D eigenvalue weighted by atomic mass is 9.96. The molecule has 1 aliphatic carbocycles. The van der Waals surface area contributed by atoms with E-state index in [-0.39, 0.29) is 0 Å². The van der Waals surface area contributed by atoms with Crippen molar-refractivity contribution in [1.82, 2.24) is 0 Å². The summed E-state index contributed by atoms with van der Waals surface area (Å²) in [5, 5.41) is 9.08. The Balaban J connectivity index is 2.03. The first kappa shape index (κ1) is 11.1. The van der Waals surface area contributed by atoms with Crippen LogP contribution in [0.2, 0.25) is 0 Å². The normalized spacial score (nSPS) is 17.1. The standard InChI is InChI=1S/C13H16O3/c1-16-9-11-4-2-10(3-5-11)8-13(6-7-13)12(14)15/h2-5H,6-9H2,1H3,(H,14,15). The van der Waals surface area contributed by atoms with Crippen molar-refractivity contribution >= 4 is 5.97 Å². The van der Waals surface area contributed by atoms with Gasteiger partial charge in [0.25, 0.3) is 0 Å². The maximum absolute atomic E-state index is 11.0. The van der Waals surface area contributed by atoms with E-state index >= 15 is 0 Å². The maximum atomic E-state index is 11.0. The highest BCUT2D eigenvalue weighted by Crippen LogP contribution is 2.48. The maximum Gasteiger partial charge on any atom is 0.309 e. The number of hydrogen-bond donors (Lipinski definition) is 1. The van der Waals surface area contributed by atoms with Crippen LogP contribution in [-0.4, -0.2) is 18.2 Å². The fraction of sp³-hybridized carbons (Fsp3) is 0.462. The van der Waals surface area contributed by atoms with Gasteiger partial charge >= 0.3 is 5.97 Å². The van der Waals surface area contributed by atoms with Crippen molar-refractivity contribution in [3.8, 4) is 0 Å². The molecule has 0 radical (unpaired) electrons. The molecule has 0 bridgehead atoms. The van der Waals surface area contributed by atoms with Gasteiger partial charge in [-0.25, -0.2) is 0 Å². The fourth-order valence-electron chi connectivity index (χ4n) is 1.93. The topological polar surface area (TPSA) is 46.5 Å². The lowest BCUT2D eigenvalue weighted by Gasteiger charge is -2.09. The summed E-state index contributed by atoms with van der Waals surface area (Å²) < 4.78 is 5.03. The average molecular weight is 220 g/mol. The monoisotopic (exact) mass is 220 g/mol. The lowest BCUT2D eigenvalue weighted by molar-refractivity contribution is -0.143. The van der Waals surface area contributed by atoms with Crippen LogP contribution in [0.5, 0.6) is 0 Å². The minimum absolute atomic E-state index is 0.469. The number of carboxylic acid groups (broad SMARTS) is 1. The van der Waals surface area contributed by atoms with Gasteiger partial charge in [-0.2, -0.15) is 0 Å². The Labute approximate surface area is 95.0 Å². The highest BCUT2D eigenvalue weighted by Gasteiger charge is 2.49. The van der Waals surface area contributed by atoms with Crippen molar-refractivity contribution in [2.24, 2.45) is 5.41 Å². The third-order valence-electron chi connectivity index (χ3n) is 3.18. The first-order chi connectivity index (χ1) is 7.66. The molecule has 1 aromatic carbocycles. The van der Waals surface area contributed by atoms with Gasteiger partial charge in [-0.1, -0.05) is 24.3 Å². The number of carbonyl (C=O) groups is 1. The molecule has 0 amide bonds. The van der Waals surface area contributed by atoms with E-state index in [4.69, 9.17) is 9.84 Å². The Morgan fingerprint density at radius 1 is 1.31 bits per heavy atom. The van der Waals surface area contributed by atoms with Gasteiger partial charge < -0.3 is 9.84 Å². The van der Waals surface area contributed by atoms with Crippen molar-refractivity contribution in [2.75, 3.05) is 7.11 Å². The zero-order chi connectivity index (χ0) is 11.6. The smallest absolute Gasteiger partial charge is 0.309 e. The molecule has 0 spiro atoms. The predicted octanol–water partition coefficient (Wildman–Crippen LogP) is 2.24. The third kappa shape index (κ3) is 2.25. The predicted molar refractivity (Wildman–Crippen MR) is 60.2 cm³/mol. The molecule has 3 heteroatoms. The van der Waals surface area contributed by atoms with E-state index in [1.165, 1.54) is 0 Å². The molecule has 0 aliphatic heterocycles. The second-order valence-corrected chi connectivity index (χ2v) is 4.51. The van der Waals surface area contributed by atoms with Gasteiger partial charge in [-0.3, -0.25) is 4.79 Å². The highest BCUT2D eigenvalue weighted by atomic mass is 16.5. The number of aliphatic carboxylic acids is 1. The number of hydrogen-bond acceptors (Lipinski definition) is 2. The molecule has 1 aliphatic rings. The van der Waals surface area contributed by atoms with Crippen LogP contribution in [0.3, 0.4) is 0 Å². The number of ether oxygens (including phenoxy) is 1. The van der Waals surface area contributed by atoms with Crippen molar-refractivity contribution in [3.63, 3.8) is 0 Å². The van der Waals surface area contributed by atoms with E-state index < -0.39 is 11.4 Å². The summed E-state index contributed by atoms with van der Waals surface area (Å²) in [6.07, 6.45) is 2.26. The summed E-state index contributed by atoms with van der Waals surface area (Å²) in [6.45, 7) is 0.602. The van der Waals surface area contributed by atoms with Gasteiger partial charge in [0.1, 0.15) is 0 Å². The second-order valence-electron chi connectivity index (χ2n) is 4.51. The van der Waals surface area contributed by atoms with Crippen molar-refractivity contribution in [1.29, 1.82) is 0 Å². The summed E-state index contributed by atoms with van der Waals surface area (Å²) in [7, 11) is 1.66.